The summed E-state index contributed by atoms with van der Waals surface area (Å²) in [6.07, 6.45) is 8.69. The minimum Gasteiger partial charge on any atom is -0.480 e. The molecule has 0 spiro atoms. The number of benzene rings is 1. The number of aryl methyl sites for hydroxylation is 1. The molecule has 1 atom stereocenters. The first-order valence-corrected chi connectivity index (χ1v) is 8.37. The van der Waals surface area contributed by atoms with Crippen LogP contribution in [0.25, 0.3) is 0 Å². The first-order chi connectivity index (χ1) is 12.5. The Kier molecular flexibility index (Phi) is 9.65. The van der Waals surface area contributed by atoms with Crippen LogP contribution in [-0.4, -0.2) is 51.3 Å². The zero-order chi connectivity index (χ0) is 21.2. The number of nitrogens with zero attached hydrogens (tertiary/aromatic N) is 1. The van der Waals surface area contributed by atoms with Gasteiger partial charge >= 0.3 is 18.0 Å². The minimum atomic E-state index is -0.960. The van der Waals surface area contributed by atoms with Crippen molar-refractivity contribution in [2.45, 2.75) is 52.2 Å². The molecule has 0 saturated carbocycles. The number of amides is 1. The second kappa shape index (κ2) is 10.9. The quantitative estimate of drug-likeness (QED) is 0.766. The van der Waals surface area contributed by atoms with Crippen LogP contribution in [0.4, 0.5) is 4.79 Å². The van der Waals surface area contributed by atoms with Gasteiger partial charge < -0.3 is 14.9 Å². The number of aromatic carboxylic acids is 1. The summed E-state index contributed by atoms with van der Waals surface area (Å²) in [6.45, 7) is 7.61. The number of terminal acetylenes is 1. The molecule has 1 amide bonds. The molecule has 0 bridgehead atoms. The Morgan fingerprint density at radius 1 is 1.19 bits per heavy atom. The Morgan fingerprint density at radius 2 is 1.78 bits per heavy atom. The number of carbonyl (C=O) groups excluding carboxylic acids is 1. The molecule has 27 heavy (non-hydrogen) atoms. The van der Waals surface area contributed by atoms with E-state index in [9.17, 15) is 14.4 Å². The summed E-state index contributed by atoms with van der Waals surface area (Å²) in [4.78, 5) is 34.1. The number of carbonyl (C=O) groups is 3. The van der Waals surface area contributed by atoms with Gasteiger partial charge in [-0.15, -0.1) is 12.8 Å². The normalized spacial score (nSPS) is 15.5. The highest BCUT2D eigenvalue weighted by atomic mass is 16.6. The van der Waals surface area contributed by atoms with Gasteiger partial charge in [0.1, 0.15) is 11.6 Å². The third kappa shape index (κ3) is 8.77. The molecule has 1 aromatic carbocycles. The van der Waals surface area contributed by atoms with Crippen molar-refractivity contribution < 1.29 is 29.3 Å². The first kappa shape index (κ1) is 24.0. The number of rotatable bonds is 2. The number of ether oxygens (including phenoxy) is 1. The Morgan fingerprint density at radius 3 is 2.19 bits per heavy atom. The van der Waals surface area contributed by atoms with Gasteiger partial charge in [0, 0.05) is 6.54 Å². The van der Waals surface area contributed by atoms with Crippen LogP contribution >= 0.6 is 0 Å². The van der Waals surface area contributed by atoms with Crippen LogP contribution in [-0.2, 0) is 9.53 Å². The fourth-order valence-corrected chi connectivity index (χ4v) is 2.34. The third-order valence-corrected chi connectivity index (χ3v) is 3.43. The summed E-state index contributed by atoms with van der Waals surface area (Å²) in [6, 6.07) is 6.10. The molecule has 0 aliphatic carbocycles. The second-order valence-corrected chi connectivity index (χ2v) is 6.84. The van der Waals surface area contributed by atoms with E-state index in [4.69, 9.17) is 14.9 Å². The molecule has 2 rings (SSSR count). The lowest BCUT2D eigenvalue weighted by Gasteiger charge is -2.26. The van der Waals surface area contributed by atoms with Gasteiger partial charge in [0.05, 0.1) is 5.56 Å². The van der Waals surface area contributed by atoms with Crippen molar-refractivity contribution in [3.63, 3.8) is 0 Å². The summed E-state index contributed by atoms with van der Waals surface area (Å²) in [7, 11) is 0. The average molecular weight is 377 g/mol. The van der Waals surface area contributed by atoms with Crippen LogP contribution in [0.2, 0.25) is 0 Å². The molecule has 1 heterocycles. The molecule has 1 saturated heterocycles. The fraction of sp³-hybridized carbons (Fsp3) is 0.450. The molecule has 148 valence electrons. The van der Waals surface area contributed by atoms with E-state index in [0.717, 1.165) is 12.0 Å². The lowest BCUT2D eigenvalue weighted by molar-refractivity contribution is -0.142. The van der Waals surface area contributed by atoms with Crippen molar-refractivity contribution >= 4 is 18.0 Å². The van der Waals surface area contributed by atoms with Gasteiger partial charge in [0.2, 0.25) is 0 Å². The van der Waals surface area contributed by atoms with Gasteiger partial charge in [-0.25, -0.2) is 14.4 Å². The van der Waals surface area contributed by atoms with Gasteiger partial charge in [-0.3, -0.25) is 4.90 Å². The maximum absolute atomic E-state index is 11.6. The molecule has 1 aromatic rings. The molecular formula is C20H27NO6. The average Bonchev–Trinajstić information content (AvgIpc) is 3.06. The fourth-order valence-electron chi connectivity index (χ4n) is 2.34. The van der Waals surface area contributed by atoms with Crippen LogP contribution in [0.1, 0.15) is 49.5 Å². The number of carboxylic acid groups (broad SMARTS) is 2. The standard InChI is InChI=1S/C10H17NO4.C8H8O2.C2H2/c1-10(2,3)15-9(14)11-6-4-5-7(11)8(12)13;1-6-3-2-4-7(5-6)8(9)10;1-2/h7H,4-6H2,1-3H3,(H,12,13);2-5H,1H3,(H,9,10);1-2H/t7-;;/m0../s1. The Hall–Kier alpha value is -3.01. The summed E-state index contributed by atoms with van der Waals surface area (Å²) < 4.78 is 5.13. The van der Waals surface area contributed by atoms with E-state index < -0.39 is 29.7 Å². The zero-order valence-corrected chi connectivity index (χ0v) is 16.1. The van der Waals surface area contributed by atoms with E-state index in [1.165, 1.54) is 4.90 Å². The van der Waals surface area contributed by atoms with E-state index in [-0.39, 0.29) is 0 Å². The molecule has 1 aliphatic rings. The van der Waals surface area contributed by atoms with Crippen molar-refractivity contribution in [1.82, 2.24) is 4.90 Å². The van der Waals surface area contributed by atoms with Crippen molar-refractivity contribution in [3.05, 3.63) is 35.4 Å². The molecule has 0 aromatic heterocycles. The second-order valence-electron chi connectivity index (χ2n) is 6.84. The van der Waals surface area contributed by atoms with E-state index in [1.54, 1.807) is 39.0 Å². The lowest BCUT2D eigenvalue weighted by Crippen LogP contribution is -2.43. The molecule has 0 radical (unpaired) electrons. The largest absolute Gasteiger partial charge is 0.480 e. The number of hydrogen-bond donors (Lipinski definition) is 2. The molecular weight excluding hydrogens is 350 g/mol. The van der Waals surface area contributed by atoms with Crippen molar-refractivity contribution in [3.8, 4) is 12.8 Å². The Bertz CT molecular complexity index is 675. The summed E-state index contributed by atoms with van der Waals surface area (Å²) >= 11 is 0. The van der Waals surface area contributed by atoms with Crippen LogP contribution in [0, 0.1) is 19.8 Å². The highest BCUT2D eigenvalue weighted by Crippen LogP contribution is 2.20. The SMILES string of the molecule is C#C.CC(C)(C)OC(=O)N1CCC[C@H]1C(=O)O.Cc1cccc(C(=O)O)c1. The first-order valence-electron chi connectivity index (χ1n) is 8.37. The summed E-state index contributed by atoms with van der Waals surface area (Å²) in [5.74, 6) is -1.83. The minimum absolute atomic E-state index is 0.347. The van der Waals surface area contributed by atoms with Crippen LogP contribution in [0.5, 0.6) is 0 Å². The van der Waals surface area contributed by atoms with Gasteiger partial charge in [-0.05, 0) is 52.7 Å². The summed E-state index contributed by atoms with van der Waals surface area (Å²) in [5.41, 5.74) is 0.739. The smallest absolute Gasteiger partial charge is 0.411 e. The van der Waals surface area contributed by atoms with E-state index in [2.05, 4.69) is 12.8 Å². The van der Waals surface area contributed by atoms with E-state index in [1.807, 2.05) is 13.0 Å². The van der Waals surface area contributed by atoms with E-state index >= 15 is 0 Å². The maximum atomic E-state index is 11.6. The Balaban J connectivity index is 0.000000488. The zero-order valence-electron chi connectivity index (χ0n) is 16.1. The van der Waals surface area contributed by atoms with Crippen molar-refractivity contribution in [2.24, 2.45) is 0 Å². The maximum Gasteiger partial charge on any atom is 0.411 e. The van der Waals surface area contributed by atoms with Gasteiger partial charge in [-0.2, -0.15) is 0 Å². The van der Waals surface area contributed by atoms with Gasteiger partial charge in [0.15, 0.2) is 0 Å². The molecule has 7 nitrogen and oxygen atoms in total. The van der Waals surface area contributed by atoms with Crippen LogP contribution in [0.3, 0.4) is 0 Å². The van der Waals surface area contributed by atoms with Crippen molar-refractivity contribution in [2.75, 3.05) is 6.54 Å². The Labute approximate surface area is 159 Å². The predicted octanol–water partition coefficient (Wildman–Crippen LogP) is 3.41. The highest BCUT2D eigenvalue weighted by Gasteiger charge is 2.36. The number of carboxylic acids is 2. The molecule has 0 unspecified atom stereocenters. The molecule has 2 N–H and O–H groups in total. The molecule has 7 heteroatoms. The lowest BCUT2D eigenvalue weighted by atomic mass is 10.1. The number of hydrogen-bond acceptors (Lipinski definition) is 4. The summed E-state index contributed by atoms with van der Waals surface area (Å²) in [5, 5.41) is 17.4. The third-order valence-electron chi connectivity index (χ3n) is 3.43. The van der Waals surface area contributed by atoms with Crippen LogP contribution < -0.4 is 0 Å². The van der Waals surface area contributed by atoms with Gasteiger partial charge in [0.25, 0.3) is 0 Å². The topological polar surface area (TPSA) is 104 Å². The number of likely N-dealkylation sites (tertiary alicyclic amines) is 1. The van der Waals surface area contributed by atoms with Crippen molar-refractivity contribution in [1.29, 1.82) is 0 Å². The molecule has 1 fully saturated rings. The predicted molar refractivity (Wildman–Crippen MR) is 102 cm³/mol. The number of aliphatic carboxylic acids is 1. The van der Waals surface area contributed by atoms with Gasteiger partial charge in [-0.1, -0.05) is 17.7 Å². The highest BCUT2D eigenvalue weighted by molar-refractivity contribution is 5.87. The molecule has 1 aliphatic heterocycles. The van der Waals surface area contributed by atoms with Crippen LogP contribution in [0.15, 0.2) is 24.3 Å². The van der Waals surface area contributed by atoms with E-state index in [0.29, 0.717) is 18.5 Å². The monoisotopic (exact) mass is 377 g/mol.